The third kappa shape index (κ3) is 5.32. The first-order valence-corrected chi connectivity index (χ1v) is 8.35. The molecule has 0 radical (unpaired) electrons. The molecule has 0 spiro atoms. The molecule has 2 rings (SSSR count). The van der Waals surface area contributed by atoms with Crippen molar-refractivity contribution in [2.24, 2.45) is 5.73 Å². The average Bonchev–Trinajstić information content (AvgIpc) is 2.62. The quantitative estimate of drug-likeness (QED) is 0.728. The van der Waals surface area contributed by atoms with Crippen molar-refractivity contribution in [1.29, 1.82) is 0 Å². The van der Waals surface area contributed by atoms with Gasteiger partial charge in [-0.05, 0) is 24.6 Å². The Morgan fingerprint density at radius 3 is 2.31 bits per heavy atom. The van der Waals surface area contributed by atoms with E-state index in [1.165, 1.54) is 6.92 Å². The zero-order chi connectivity index (χ0) is 19.1. The van der Waals surface area contributed by atoms with E-state index in [1.807, 2.05) is 6.07 Å². The van der Waals surface area contributed by atoms with Gasteiger partial charge in [-0.1, -0.05) is 54.1 Å². The monoisotopic (exact) mass is 374 g/mol. The molecule has 7 heteroatoms. The van der Waals surface area contributed by atoms with Gasteiger partial charge < -0.3 is 15.8 Å². The van der Waals surface area contributed by atoms with Crippen LogP contribution in [0.5, 0.6) is 0 Å². The Bertz CT molecular complexity index is 795. The van der Waals surface area contributed by atoms with Crippen LogP contribution in [-0.4, -0.2) is 23.9 Å². The summed E-state index contributed by atoms with van der Waals surface area (Å²) in [5, 5.41) is 3.09. The van der Waals surface area contributed by atoms with Crippen molar-refractivity contribution >= 4 is 29.4 Å². The fourth-order valence-electron chi connectivity index (χ4n) is 2.29. The van der Waals surface area contributed by atoms with Gasteiger partial charge in [0.1, 0.15) is 0 Å². The van der Waals surface area contributed by atoms with Crippen LogP contribution in [0.25, 0.3) is 0 Å². The molecule has 2 aromatic rings. The molecule has 2 aromatic carbocycles. The lowest BCUT2D eigenvalue weighted by molar-refractivity contribution is -0.154. The zero-order valence-electron chi connectivity index (χ0n) is 14.1. The summed E-state index contributed by atoms with van der Waals surface area (Å²) in [6.45, 7) is 1.39. The molecular weight excluding hydrogens is 356 g/mol. The standard InChI is InChI=1S/C19H19ClN2O4/c1-12(18(21)24)26-17(23)11-16(13-7-3-2-4-8-13)22-19(25)14-9-5-6-10-15(14)20/h2-10,12,16H,11H2,1H3,(H2,21,24)(H,22,25)/t12-,16-/m1/s1. The van der Waals surface area contributed by atoms with E-state index in [9.17, 15) is 14.4 Å². The Labute approximate surface area is 156 Å². The van der Waals surface area contributed by atoms with Crippen LogP contribution >= 0.6 is 11.6 Å². The van der Waals surface area contributed by atoms with Crippen molar-refractivity contribution in [1.82, 2.24) is 5.32 Å². The van der Waals surface area contributed by atoms with Crippen molar-refractivity contribution in [3.8, 4) is 0 Å². The van der Waals surface area contributed by atoms with Gasteiger partial charge in [0.25, 0.3) is 11.8 Å². The van der Waals surface area contributed by atoms with E-state index in [1.54, 1.807) is 48.5 Å². The minimum atomic E-state index is -1.04. The van der Waals surface area contributed by atoms with Gasteiger partial charge in [0.05, 0.1) is 23.0 Å². The SMILES string of the molecule is C[C@@H](OC(=O)C[C@@H](NC(=O)c1ccccc1Cl)c1ccccc1)C(N)=O. The third-order valence-corrected chi connectivity index (χ3v) is 4.04. The molecule has 0 aliphatic carbocycles. The number of carbonyl (C=O) groups excluding carboxylic acids is 3. The van der Waals surface area contributed by atoms with Crippen LogP contribution in [0.3, 0.4) is 0 Å². The first-order valence-electron chi connectivity index (χ1n) is 7.97. The molecule has 0 saturated carbocycles. The van der Waals surface area contributed by atoms with Crippen molar-refractivity contribution < 1.29 is 19.1 Å². The van der Waals surface area contributed by atoms with Gasteiger partial charge in [0, 0.05) is 0 Å². The maximum absolute atomic E-state index is 12.5. The summed E-state index contributed by atoms with van der Waals surface area (Å²) in [7, 11) is 0. The van der Waals surface area contributed by atoms with E-state index in [4.69, 9.17) is 22.1 Å². The summed E-state index contributed by atoms with van der Waals surface area (Å²) in [5.74, 6) is -1.81. The van der Waals surface area contributed by atoms with Crippen LogP contribution in [0.4, 0.5) is 0 Å². The number of amides is 2. The minimum Gasteiger partial charge on any atom is -0.452 e. The highest BCUT2D eigenvalue weighted by atomic mass is 35.5. The van der Waals surface area contributed by atoms with Gasteiger partial charge in [-0.25, -0.2) is 0 Å². The number of nitrogens with two attached hydrogens (primary N) is 1. The van der Waals surface area contributed by atoms with Crippen LogP contribution in [0, 0.1) is 0 Å². The van der Waals surface area contributed by atoms with E-state index < -0.39 is 29.9 Å². The molecule has 3 N–H and O–H groups in total. The number of benzene rings is 2. The number of nitrogens with one attached hydrogen (secondary N) is 1. The number of halogens is 1. The van der Waals surface area contributed by atoms with Crippen molar-refractivity contribution in [3.05, 3.63) is 70.7 Å². The lowest BCUT2D eigenvalue weighted by Crippen LogP contribution is -2.34. The second-order valence-corrected chi connectivity index (χ2v) is 6.06. The number of carbonyl (C=O) groups is 3. The molecule has 6 nitrogen and oxygen atoms in total. The Morgan fingerprint density at radius 1 is 1.08 bits per heavy atom. The van der Waals surface area contributed by atoms with Crippen LogP contribution < -0.4 is 11.1 Å². The van der Waals surface area contributed by atoms with Gasteiger partial charge in [-0.2, -0.15) is 0 Å². The number of hydrogen-bond donors (Lipinski definition) is 2. The Morgan fingerprint density at radius 2 is 1.69 bits per heavy atom. The Balaban J connectivity index is 2.17. The maximum Gasteiger partial charge on any atom is 0.309 e. The van der Waals surface area contributed by atoms with Gasteiger partial charge in [0.15, 0.2) is 6.10 Å². The van der Waals surface area contributed by atoms with Crippen molar-refractivity contribution in [2.75, 3.05) is 0 Å². The molecule has 0 aromatic heterocycles. The topological polar surface area (TPSA) is 98.5 Å². The number of ether oxygens (including phenoxy) is 1. The summed E-state index contributed by atoms with van der Waals surface area (Å²) in [4.78, 5) is 35.7. The first kappa shape index (κ1) is 19.5. The molecular formula is C19H19ClN2O4. The van der Waals surface area contributed by atoms with E-state index in [2.05, 4.69) is 5.32 Å². The molecule has 26 heavy (non-hydrogen) atoms. The third-order valence-electron chi connectivity index (χ3n) is 3.71. The summed E-state index contributed by atoms with van der Waals surface area (Å²) in [5.41, 5.74) is 6.12. The summed E-state index contributed by atoms with van der Waals surface area (Å²) in [6, 6.07) is 14.9. The van der Waals surface area contributed by atoms with E-state index in [-0.39, 0.29) is 6.42 Å². The summed E-state index contributed by atoms with van der Waals surface area (Å²) in [6.07, 6.45) is -1.20. The highest BCUT2D eigenvalue weighted by Crippen LogP contribution is 2.21. The smallest absolute Gasteiger partial charge is 0.309 e. The minimum absolute atomic E-state index is 0.155. The van der Waals surface area contributed by atoms with Crippen molar-refractivity contribution in [2.45, 2.75) is 25.5 Å². The Kier molecular flexibility index (Phi) is 6.74. The molecule has 2 amide bonds. The lowest BCUT2D eigenvalue weighted by atomic mass is 10.0. The van der Waals surface area contributed by atoms with E-state index >= 15 is 0 Å². The number of primary amides is 1. The molecule has 0 aliphatic heterocycles. The summed E-state index contributed by atoms with van der Waals surface area (Å²) < 4.78 is 4.98. The van der Waals surface area contributed by atoms with Gasteiger partial charge >= 0.3 is 5.97 Å². The number of hydrogen-bond acceptors (Lipinski definition) is 4. The predicted molar refractivity (Wildman–Crippen MR) is 97.5 cm³/mol. The number of rotatable bonds is 7. The number of esters is 1. The molecule has 0 aliphatic rings. The first-order chi connectivity index (χ1) is 12.4. The van der Waals surface area contributed by atoms with E-state index in [0.717, 1.165) is 5.56 Å². The second-order valence-electron chi connectivity index (χ2n) is 5.66. The van der Waals surface area contributed by atoms with Gasteiger partial charge in [-0.15, -0.1) is 0 Å². The average molecular weight is 375 g/mol. The van der Waals surface area contributed by atoms with Crippen LogP contribution in [0.15, 0.2) is 54.6 Å². The van der Waals surface area contributed by atoms with Crippen LogP contribution in [0.2, 0.25) is 5.02 Å². The van der Waals surface area contributed by atoms with Crippen molar-refractivity contribution in [3.63, 3.8) is 0 Å². The van der Waals surface area contributed by atoms with Crippen LogP contribution in [0.1, 0.15) is 35.3 Å². The predicted octanol–water partition coefficient (Wildman–Crippen LogP) is 2.62. The fraction of sp³-hybridized carbons (Fsp3) is 0.211. The molecule has 0 unspecified atom stereocenters. The molecule has 0 saturated heterocycles. The summed E-state index contributed by atoms with van der Waals surface area (Å²) >= 11 is 6.05. The highest BCUT2D eigenvalue weighted by Gasteiger charge is 2.23. The normalized spacial score (nSPS) is 12.7. The highest BCUT2D eigenvalue weighted by molar-refractivity contribution is 6.33. The second kappa shape index (κ2) is 9.01. The zero-order valence-corrected chi connectivity index (χ0v) is 14.9. The van der Waals surface area contributed by atoms with E-state index in [0.29, 0.717) is 10.6 Å². The lowest BCUT2D eigenvalue weighted by Gasteiger charge is -2.20. The Hall–Kier alpha value is -2.86. The molecule has 0 fully saturated rings. The van der Waals surface area contributed by atoms with Crippen LogP contribution in [-0.2, 0) is 14.3 Å². The largest absolute Gasteiger partial charge is 0.452 e. The maximum atomic E-state index is 12.5. The van der Waals surface area contributed by atoms with Gasteiger partial charge in [0.2, 0.25) is 0 Å². The fourth-order valence-corrected chi connectivity index (χ4v) is 2.51. The molecule has 0 bridgehead atoms. The van der Waals surface area contributed by atoms with Gasteiger partial charge in [-0.3, -0.25) is 14.4 Å². The molecule has 2 atom stereocenters. The molecule has 136 valence electrons. The molecule has 0 heterocycles.